The van der Waals surface area contributed by atoms with Gasteiger partial charge in [0.1, 0.15) is 5.92 Å². The smallest absolute Gasteiger partial charge is 0.233 e. The molecule has 0 saturated carbocycles. The summed E-state index contributed by atoms with van der Waals surface area (Å²) in [4.78, 5) is 26.6. The highest BCUT2D eigenvalue weighted by Crippen LogP contribution is 2.36. The maximum atomic E-state index is 12.5. The number of aromatic nitrogens is 2. The number of hydrogen-bond donors (Lipinski definition) is 0. The third kappa shape index (κ3) is 3.41. The topological polar surface area (TPSA) is 72.4 Å². The van der Waals surface area contributed by atoms with E-state index in [9.17, 15) is 9.59 Å². The average molecular weight is 309 g/mol. The normalized spacial score (nSPS) is 22.4. The second-order valence-corrected chi connectivity index (χ2v) is 6.50. The van der Waals surface area contributed by atoms with Gasteiger partial charge in [0.15, 0.2) is 5.78 Å². The number of thioether (sulfide) groups is 1. The van der Waals surface area contributed by atoms with Crippen LogP contribution in [0, 0.1) is 0 Å². The molecule has 1 aliphatic heterocycles. The van der Waals surface area contributed by atoms with Gasteiger partial charge in [0.05, 0.1) is 18.1 Å². The molecule has 1 fully saturated rings. The molecule has 0 bridgehead atoms. The first kappa shape index (κ1) is 15.9. The molecule has 0 radical (unpaired) electrons. The lowest BCUT2D eigenvalue weighted by Gasteiger charge is -2.23. The Balaban J connectivity index is 2.14. The van der Waals surface area contributed by atoms with Crippen LogP contribution in [0.5, 0.6) is 5.88 Å². The molecule has 0 aromatic carbocycles. The zero-order valence-electron chi connectivity index (χ0n) is 12.6. The number of methoxy groups -OCH3 is 1. The van der Waals surface area contributed by atoms with E-state index in [0.717, 1.165) is 11.8 Å². The van der Waals surface area contributed by atoms with Crippen molar-refractivity contribution in [1.82, 2.24) is 15.1 Å². The van der Waals surface area contributed by atoms with Crippen LogP contribution in [0.1, 0.15) is 25.5 Å². The van der Waals surface area contributed by atoms with Crippen LogP contribution in [-0.4, -0.2) is 58.0 Å². The van der Waals surface area contributed by atoms with Crippen molar-refractivity contribution in [1.29, 1.82) is 0 Å². The van der Waals surface area contributed by atoms with Crippen molar-refractivity contribution < 1.29 is 14.3 Å². The van der Waals surface area contributed by atoms with Crippen LogP contribution in [0.25, 0.3) is 0 Å². The van der Waals surface area contributed by atoms with Crippen molar-refractivity contribution in [2.75, 3.05) is 20.7 Å². The van der Waals surface area contributed by atoms with E-state index in [4.69, 9.17) is 4.74 Å². The second kappa shape index (κ2) is 6.53. The van der Waals surface area contributed by atoms with Crippen LogP contribution in [-0.2, 0) is 9.59 Å². The Hall–Kier alpha value is -1.47. The van der Waals surface area contributed by atoms with Crippen molar-refractivity contribution in [2.24, 2.45) is 0 Å². The van der Waals surface area contributed by atoms with Crippen molar-refractivity contribution >= 4 is 22.7 Å². The highest BCUT2D eigenvalue weighted by molar-refractivity contribution is 8.15. The SMILES string of the molecule is COc1ccc(C2C(=O)SC(CN(C)C(C)C)C2=O)nn1. The fraction of sp³-hybridized carbons (Fsp3) is 0.571. The molecule has 0 N–H and O–H groups in total. The van der Waals surface area contributed by atoms with Crippen molar-refractivity contribution in [3.63, 3.8) is 0 Å². The third-order valence-corrected chi connectivity index (χ3v) is 4.73. The van der Waals surface area contributed by atoms with Gasteiger partial charge < -0.3 is 9.64 Å². The monoisotopic (exact) mass is 309 g/mol. The summed E-state index contributed by atoms with van der Waals surface area (Å²) in [6, 6.07) is 3.57. The molecule has 1 aliphatic rings. The Morgan fingerprint density at radius 3 is 2.57 bits per heavy atom. The van der Waals surface area contributed by atoms with Crippen LogP contribution in [0.4, 0.5) is 0 Å². The first-order valence-electron chi connectivity index (χ1n) is 6.76. The first-order chi connectivity index (χ1) is 9.93. The van der Waals surface area contributed by atoms with E-state index < -0.39 is 5.92 Å². The van der Waals surface area contributed by atoms with Gasteiger partial charge in [-0.15, -0.1) is 5.10 Å². The van der Waals surface area contributed by atoms with Crippen molar-refractivity contribution in [3.05, 3.63) is 17.8 Å². The molecule has 0 amide bonds. The molecule has 2 rings (SSSR count). The highest BCUT2D eigenvalue weighted by atomic mass is 32.2. The van der Waals surface area contributed by atoms with Crippen LogP contribution < -0.4 is 4.74 Å². The van der Waals surface area contributed by atoms with Crippen LogP contribution in [0.3, 0.4) is 0 Å². The second-order valence-electron chi connectivity index (χ2n) is 5.29. The van der Waals surface area contributed by atoms with Gasteiger partial charge in [-0.3, -0.25) is 9.59 Å². The summed E-state index contributed by atoms with van der Waals surface area (Å²) in [6.45, 7) is 4.67. The van der Waals surface area contributed by atoms with Crippen LogP contribution in [0.2, 0.25) is 0 Å². The van der Waals surface area contributed by atoms with Crippen LogP contribution in [0.15, 0.2) is 12.1 Å². The van der Waals surface area contributed by atoms with Gasteiger partial charge in [0.2, 0.25) is 11.0 Å². The molecular weight excluding hydrogens is 290 g/mol. The minimum absolute atomic E-state index is 0.0861. The Kier molecular flexibility index (Phi) is 4.95. The molecule has 0 spiro atoms. The van der Waals surface area contributed by atoms with Gasteiger partial charge in [-0.25, -0.2) is 0 Å². The van der Waals surface area contributed by atoms with Gasteiger partial charge in [-0.05, 0) is 27.0 Å². The number of nitrogens with zero attached hydrogens (tertiary/aromatic N) is 3. The molecule has 1 saturated heterocycles. The zero-order chi connectivity index (χ0) is 15.6. The Bertz CT molecular complexity index is 533. The lowest BCUT2D eigenvalue weighted by molar-refractivity contribution is -0.123. The number of carbonyl (C=O) groups excluding carboxylic acids is 2. The molecule has 2 heterocycles. The maximum Gasteiger partial charge on any atom is 0.233 e. The molecule has 21 heavy (non-hydrogen) atoms. The molecule has 6 nitrogen and oxygen atoms in total. The highest BCUT2D eigenvalue weighted by Gasteiger charge is 2.44. The maximum absolute atomic E-state index is 12.5. The molecule has 7 heteroatoms. The number of ether oxygens (including phenoxy) is 1. The summed E-state index contributed by atoms with van der Waals surface area (Å²) < 4.78 is 4.93. The third-order valence-electron chi connectivity index (χ3n) is 3.60. The molecule has 2 unspecified atom stereocenters. The molecule has 0 aliphatic carbocycles. The van der Waals surface area contributed by atoms with Gasteiger partial charge in [0, 0.05) is 18.7 Å². The average Bonchev–Trinajstić information content (AvgIpc) is 2.73. The summed E-state index contributed by atoms with van der Waals surface area (Å²) in [5.74, 6) is -0.531. The quantitative estimate of drug-likeness (QED) is 0.755. The fourth-order valence-corrected chi connectivity index (χ4v) is 3.24. The summed E-state index contributed by atoms with van der Waals surface area (Å²) in [5, 5.41) is 7.28. The zero-order valence-corrected chi connectivity index (χ0v) is 13.4. The minimum atomic E-state index is -0.807. The van der Waals surface area contributed by atoms with E-state index in [1.54, 1.807) is 12.1 Å². The van der Waals surface area contributed by atoms with E-state index in [1.165, 1.54) is 7.11 Å². The van der Waals surface area contributed by atoms with Gasteiger partial charge >= 0.3 is 0 Å². The Morgan fingerprint density at radius 2 is 2.05 bits per heavy atom. The standard InChI is InChI=1S/C14H19N3O3S/c1-8(2)17(3)7-10-13(18)12(14(19)21-10)9-5-6-11(20-4)16-15-9/h5-6,8,10,12H,7H2,1-4H3. The van der Waals surface area contributed by atoms with E-state index >= 15 is 0 Å². The number of ketones is 1. The Labute approximate surface area is 128 Å². The van der Waals surface area contributed by atoms with E-state index in [0.29, 0.717) is 24.2 Å². The Morgan fingerprint density at radius 1 is 1.33 bits per heavy atom. The number of carbonyl (C=O) groups is 2. The largest absolute Gasteiger partial charge is 0.480 e. The lowest BCUT2D eigenvalue weighted by atomic mass is 9.99. The lowest BCUT2D eigenvalue weighted by Crippen LogP contribution is -2.35. The van der Waals surface area contributed by atoms with Crippen molar-refractivity contribution in [2.45, 2.75) is 31.1 Å². The predicted molar refractivity (Wildman–Crippen MR) is 80.5 cm³/mol. The van der Waals surface area contributed by atoms with E-state index in [2.05, 4.69) is 28.9 Å². The molecule has 1 aromatic heterocycles. The number of rotatable bonds is 5. The van der Waals surface area contributed by atoms with E-state index in [-0.39, 0.29) is 16.1 Å². The summed E-state index contributed by atoms with van der Waals surface area (Å²) >= 11 is 1.10. The molecular formula is C14H19N3O3S. The molecule has 114 valence electrons. The predicted octanol–water partition coefficient (Wildman–Crippen LogP) is 1.12. The van der Waals surface area contributed by atoms with Crippen LogP contribution >= 0.6 is 11.8 Å². The summed E-state index contributed by atoms with van der Waals surface area (Å²) in [5.41, 5.74) is 0.396. The minimum Gasteiger partial charge on any atom is -0.480 e. The van der Waals surface area contributed by atoms with Crippen molar-refractivity contribution in [3.8, 4) is 5.88 Å². The molecule has 2 atom stereocenters. The first-order valence-corrected chi connectivity index (χ1v) is 7.64. The summed E-state index contributed by atoms with van der Waals surface area (Å²) in [7, 11) is 3.44. The number of hydrogen-bond acceptors (Lipinski definition) is 7. The molecule has 1 aromatic rings. The van der Waals surface area contributed by atoms with Gasteiger partial charge in [0.25, 0.3) is 0 Å². The van der Waals surface area contributed by atoms with Gasteiger partial charge in [-0.1, -0.05) is 11.8 Å². The van der Waals surface area contributed by atoms with E-state index in [1.807, 2.05) is 7.05 Å². The van der Waals surface area contributed by atoms with Gasteiger partial charge in [-0.2, -0.15) is 5.10 Å². The fourth-order valence-electron chi connectivity index (χ4n) is 2.03. The summed E-state index contributed by atoms with van der Waals surface area (Å²) in [6.07, 6.45) is 0. The number of Topliss-reactive ketones (excluding diaryl/α,β-unsaturated/α-hetero) is 1.